The predicted octanol–water partition coefficient (Wildman–Crippen LogP) is 2.39. The Kier molecular flexibility index (Phi) is 5.36. The molecule has 0 heterocycles. The lowest BCUT2D eigenvalue weighted by atomic mass is 10.2. The first-order chi connectivity index (χ1) is 9.01. The van der Waals surface area contributed by atoms with Gasteiger partial charge in [-0.05, 0) is 31.9 Å². The highest BCUT2D eigenvalue weighted by atomic mass is 16.4. The molecule has 0 aromatic heterocycles. The summed E-state index contributed by atoms with van der Waals surface area (Å²) in [5.41, 5.74) is 1.77. The van der Waals surface area contributed by atoms with Crippen molar-refractivity contribution in [3.63, 3.8) is 0 Å². The average Bonchev–Trinajstić information content (AvgIpc) is 2.38. The van der Waals surface area contributed by atoms with Crippen molar-refractivity contribution in [2.75, 3.05) is 11.4 Å². The first kappa shape index (κ1) is 15.0. The van der Waals surface area contributed by atoms with Crippen LogP contribution in [0.1, 0.15) is 25.8 Å². The van der Waals surface area contributed by atoms with E-state index in [-0.39, 0.29) is 6.03 Å². The lowest BCUT2D eigenvalue weighted by Gasteiger charge is -2.25. The summed E-state index contributed by atoms with van der Waals surface area (Å²) in [5.74, 6) is -1.02. The zero-order chi connectivity index (χ0) is 14.4. The third kappa shape index (κ3) is 3.71. The fourth-order valence-corrected chi connectivity index (χ4v) is 1.86. The summed E-state index contributed by atoms with van der Waals surface area (Å²) in [5, 5.41) is 11.5. The Morgan fingerprint density at radius 3 is 2.42 bits per heavy atom. The molecule has 1 aromatic rings. The van der Waals surface area contributed by atoms with Crippen molar-refractivity contribution >= 4 is 17.7 Å². The van der Waals surface area contributed by atoms with Crippen LogP contribution in [0.3, 0.4) is 0 Å². The van der Waals surface area contributed by atoms with Crippen molar-refractivity contribution in [2.45, 2.75) is 33.2 Å². The predicted molar refractivity (Wildman–Crippen MR) is 74.4 cm³/mol. The van der Waals surface area contributed by atoms with Crippen LogP contribution in [0, 0.1) is 6.92 Å². The molecule has 0 aliphatic rings. The molecule has 1 aromatic carbocycles. The van der Waals surface area contributed by atoms with E-state index in [0.717, 1.165) is 11.3 Å². The monoisotopic (exact) mass is 264 g/mol. The van der Waals surface area contributed by atoms with E-state index in [2.05, 4.69) is 5.32 Å². The number of carbonyl (C=O) groups excluding carboxylic acids is 1. The quantitative estimate of drug-likeness (QED) is 0.858. The van der Waals surface area contributed by atoms with E-state index in [9.17, 15) is 9.59 Å². The van der Waals surface area contributed by atoms with Crippen LogP contribution in [-0.4, -0.2) is 29.7 Å². The number of hydrogen-bond acceptors (Lipinski definition) is 2. The van der Waals surface area contributed by atoms with E-state index in [1.807, 2.05) is 38.1 Å². The number of amides is 2. The molecule has 0 unspecified atom stereocenters. The van der Waals surface area contributed by atoms with Crippen LogP contribution in [0.15, 0.2) is 24.3 Å². The van der Waals surface area contributed by atoms with E-state index in [4.69, 9.17) is 5.11 Å². The molecule has 0 radical (unpaired) electrons. The third-order valence-electron chi connectivity index (χ3n) is 2.97. The second kappa shape index (κ2) is 6.78. The van der Waals surface area contributed by atoms with Crippen molar-refractivity contribution in [1.82, 2.24) is 5.32 Å². The fourth-order valence-electron chi connectivity index (χ4n) is 1.86. The Morgan fingerprint density at radius 1 is 1.32 bits per heavy atom. The van der Waals surface area contributed by atoms with Gasteiger partial charge in [-0.25, -0.2) is 9.59 Å². The Labute approximate surface area is 113 Å². The second-order valence-corrected chi connectivity index (χ2v) is 4.28. The highest BCUT2D eigenvalue weighted by Gasteiger charge is 2.22. The van der Waals surface area contributed by atoms with Gasteiger partial charge in [0.05, 0.1) is 0 Å². The SMILES string of the molecule is CC[C@H](NC(=O)N(CC)c1ccccc1C)C(=O)O. The molecule has 0 saturated heterocycles. The molecular weight excluding hydrogens is 244 g/mol. The van der Waals surface area contributed by atoms with Gasteiger partial charge in [-0.3, -0.25) is 4.90 Å². The zero-order valence-corrected chi connectivity index (χ0v) is 11.5. The Morgan fingerprint density at radius 2 is 1.95 bits per heavy atom. The van der Waals surface area contributed by atoms with E-state index in [1.54, 1.807) is 11.8 Å². The molecule has 0 aliphatic heterocycles. The number of aryl methyl sites for hydroxylation is 1. The number of carbonyl (C=O) groups is 2. The van der Waals surface area contributed by atoms with Crippen LogP contribution in [0.5, 0.6) is 0 Å². The summed E-state index contributed by atoms with van der Waals surface area (Å²) >= 11 is 0. The standard InChI is InChI=1S/C14H20N2O3/c1-4-11(13(17)18)15-14(19)16(5-2)12-9-7-6-8-10(12)3/h6-9,11H,4-5H2,1-3H3,(H,15,19)(H,17,18)/t11-/m0/s1. The van der Waals surface area contributed by atoms with Crippen LogP contribution in [-0.2, 0) is 4.79 Å². The molecule has 19 heavy (non-hydrogen) atoms. The van der Waals surface area contributed by atoms with Crippen LogP contribution in [0.4, 0.5) is 10.5 Å². The number of rotatable bonds is 5. The summed E-state index contributed by atoms with van der Waals surface area (Å²) in [6.07, 6.45) is 0.354. The fraction of sp³-hybridized carbons (Fsp3) is 0.429. The molecule has 0 aliphatic carbocycles. The lowest BCUT2D eigenvalue weighted by molar-refractivity contribution is -0.139. The van der Waals surface area contributed by atoms with Crippen LogP contribution >= 0.6 is 0 Å². The number of benzene rings is 1. The molecule has 5 nitrogen and oxygen atoms in total. The number of hydrogen-bond donors (Lipinski definition) is 2. The minimum atomic E-state index is -1.02. The van der Waals surface area contributed by atoms with Gasteiger partial charge in [0.25, 0.3) is 0 Å². The number of carboxylic acids is 1. The summed E-state index contributed by atoms with van der Waals surface area (Å²) < 4.78 is 0. The van der Waals surface area contributed by atoms with Crippen molar-refractivity contribution in [3.05, 3.63) is 29.8 Å². The summed E-state index contributed by atoms with van der Waals surface area (Å²) in [6, 6.07) is 6.28. The first-order valence-corrected chi connectivity index (χ1v) is 6.37. The van der Waals surface area contributed by atoms with E-state index in [1.165, 1.54) is 0 Å². The number of aliphatic carboxylic acids is 1. The maximum Gasteiger partial charge on any atom is 0.326 e. The normalized spacial score (nSPS) is 11.7. The van der Waals surface area contributed by atoms with Crippen LogP contribution in [0.25, 0.3) is 0 Å². The summed E-state index contributed by atoms with van der Waals surface area (Å²) in [6.45, 7) is 5.98. The maximum atomic E-state index is 12.2. The molecule has 0 fully saturated rings. The Hall–Kier alpha value is -2.04. The van der Waals surface area contributed by atoms with E-state index in [0.29, 0.717) is 13.0 Å². The minimum absolute atomic E-state index is 0.354. The van der Waals surface area contributed by atoms with Crippen molar-refractivity contribution in [3.8, 4) is 0 Å². The molecule has 104 valence electrons. The van der Waals surface area contributed by atoms with Gasteiger partial charge in [0.1, 0.15) is 6.04 Å². The van der Waals surface area contributed by atoms with Crippen LogP contribution < -0.4 is 10.2 Å². The summed E-state index contributed by atoms with van der Waals surface area (Å²) in [4.78, 5) is 24.6. The largest absolute Gasteiger partial charge is 0.480 e. The number of carboxylic acid groups (broad SMARTS) is 1. The van der Waals surface area contributed by atoms with Gasteiger partial charge in [0.15, 0.2) is 0 Å². The van der Waals surface area contributed by atoms with Gasteiger partial charge >= 0.3 is 12.0 Å². The molecule has 0 saturated carbocycles. The van der Waals surface area contributed by atoms with Gasteiger partial charge in [0, 0.05) is 12.2 Å². The topological polar surface area (TPSA) is 69.6 Å². The Balaban J connectivity index is 2.89. The third-order valence-corrected chi connectivity index (χ3v) is 2.97. The van der Waals surface area contributed by atoms with Gasteiger partial charge in [-0.1, -0.05) is 25.1 Å². The lowest BCUT2D eigenvalue weighted by Crippen LogP contribution is -2.48. The Bertz CT molecular complexity index is 460. The van der Waals surface area contributed by atoms with Crippen LogP contribution in [0.2, 0.25) is 0 Å². The molecular formula is C14H20N2O3. The maximum absolute atomic E-state index is 12.2. The van der Waals surface area contributed by atoms with Crippen molar-refractivity contribution in [1.29, 1.82) is 0 Å². The molecule has 2 N–H and O–H groups in total. The first-order valence-electron chi connectivity index (χ1n) is 6.37. The van der Waals surface area contributed by atoms with Gasteiger partial charge in [-0.2, -0.15) is 0 Å². The number of nitrogens with one attached hydrogen (secondary N) is 1. The van der Waals surface area contributed by atoms with Gasteiger partial charge in [-0.15, -0.1) is 0 Å². The molecule has 1 rings (SSSR count). The molecule has 0 bridgehead atoms. The molecule has 5 heteroatoms. The average molecular weight is 264 g/mol. The highest BCUT2D eigenvalue weighted by Crippen LogP contribution is 2.19. The smallest absolute Gasteiger partial charge is 0.326 e. The number of urea groups is 1. The zero-order valence-electron chi connectivity index (χ0n) is 11.5. The second-order valence-electron chi connectivity index (χ2n) is 4.28. The van der Waals surface area contributed by atoms with Gasteiger partial charge in [0.2, 0.25) is 0 Å². The molecule has 0 spiro atoms. The summed E-state index contributed by atoms with van der Waals surface area (Å²) in [7, 11) is 0. The molecule has 1 atom stereocenters. The van der Waals surface area contributed by atoms with E-state index >= 15 is 0 Å². The minimum Gasteiger partial charge on any atom is -0.480 e. The van der Waals surface area contributed by atoms with E-state index < -0.39 is 12.0 Å². The van der Waals surface area contributed by atoms with Crippen molar-refractivity contribution in [2.24, 2.45) is 0 Å². The van der Waals surface area contributed by atoms with Gasteiger partial charge < -0.3 is 10.4 Å². The number of anilines is 1. The number of para-hydroxylation sites is 1. The molecule has 2 amide bonds. The van der Waals surface area contributed by atoms with Crippen molar-refractivity contribution < 1.29 is 14.7 Å². The number of nitrogens with zero attached hydrogens (tertiary/aromatic N) is 1. The highest BCUT2D eigenvalue weighted by molar-refractivity contribution is 5.95.